The second-order valence-corrected chi connectivity index (χ2v) is 6.09. The number of methoxy groups -OCH3 is 1. The topological polar surface area (TPSA) is 34.1 Å². The van der Waals surface area contributed by atoms with Crippen LogP contribution in [-0.4, -0.2) is 41.1 Å². The Morgan fingerprint density at radius 1 is 1.56 bits per heavy atom. The van der Waals surface area contributed by atoms with Crippen LogP contribution in [0, 0.1) is 0 Å². The van der Waals surface area contributed by atoms with Crippen LogP contribution < -0.4 is 10.1 Å². The molecule has 0 amide bonds. The molecule has 88 valence electrons. The fourth-order valence-electron chi connectivity index (χ4n) is 1.52. The Morgan fingerprint density at radius 3 is 3.25 bits per heavy atom. The van der Waals surface area contributed by atoms with Crippen LogP contribution in [0.5, 0.6) is 5.88 Å². The minimum Gasteiger partial charge on any atom is -0.481 e. The van der Waals surface area contributed by atoms with Crippen LogP contribution in [0.1, 0.15) is 0 Å². The number of rotatable bonds is 4. The van der Waals surface area contributed by atoms with Crippen molar-refractivity contribution in [3.63, 3.8) is 0 Å². The van der Waals surface area contributed by atoms with Gasteiger partial charge in [0.1, 0.15) is 0 Å². The average molecular weight is 256 g/mol. The zero-order chi connectivity index (χ0) is 11.2. The predicted octanol–water partition coefficient (Wildman–Crippen LogP) is 2.35. The van der Waals surface area contributed by atoms with Crippen molar-refractivity contribution in [2.75, 3.05) is 36.2 Å². The molecule has 16 heavy (non-hydrogen) atoms. The zero-order valence-electron chi connectivity index (χ0n) is 9.31. The largest absolute Gasteiger partial charge is 0.481 e. The van der Waals surface area contributed by atoms with Crippen LogP contribution in [0.3, 0.4) is 0 Å². The van der Waals surface area contributed by atoms with E-state index in [4.69, 9.17) is 4.74 Å². The van der Waals surface area contributed by atoms with E-state index in [0.717, 1.165) is 17.5 Å². The average Bonchev–Trinajstić information content (AvgIpc) is 2.38. The van der Waals surface area contributed by atoms with E-state index in [1.807, 2.05) is 23.9 Å². The third kappa shape index (κ3) is 3.49. The number of nitrogens with one attached hydrogen (secondary N) is 1. The maximum atomic E-state index is 5.09. The standard InChI is InChI=1S/C11H16N2OS2/c1-14-11-6-9(2-3-12-11)13-7-10-8-15-4-5-16-10/h2-3,6,10H,4-5,7-8H2,1H3,(H,12,13). The Bertz CT molecular complexity index is 330. The van der Waals surface area contributed by atoms with Crippen LogP contribution >= 0.6 is 23.5 Å². The lowest BCUT2D eigenvalue weighted by Crippen LogP contribution is -2.23. The summed E-state index contributed by atoms with van der Waals surface area (Å²) in [6, 6.07) is 3.91. The first-order valence-electron chi connectivity index (χ1n) is 5.32. The third-order valence-corrected chi connectivity index (χ3v) is 5.21. The highest BCUT2D eigenvalue weighted by molar-refractivity contribution is 8.06. The van der Waals surface area contributed by atoms with Crippen molar-refractivity contribution in [2.24, 2.45) is 0 Å². The highest BCUT2D eigenvalue weighted by Crippen LogP contribution is 2.24. The van der Waals surface area contributed by atoms with Gasteiger partial charge in [0.2, 0.25) is 5.88 Å². The molecule has 1 aromatic heterocycles. The highest BCUT2D eigenvalue weighted by atomic mass is 32.2. The van der Waals surface area contributed by atoms with Crippen molar-refractivity contribution in [1.82, 2.24) is 4.98 Å². The summed E-state index contributed by atoms with van der Waals surface area (Å²) >= 11 is 4.11. The van der Waals surface area contributed by atoms with E-state index in [0.29, 0.717) is 5.88 Å². The smallest absolute Gasteiger partial charge is 0.214 e. The van der Waals surface area contributed by atoms with E-state index in [2.05, 4.69) is 22.1 Å². The van der Waals surface area contributed by atoms with Crippen LogP contribution in [0.25, 0.3) is 0 Å². The monoisotopic (exact) mass is 256 g/mol. The molecule has 0 radical (unpaired) electrons. The molecule has 1 N–H and O–H groups in total. The van der Waals surface area contributed by atoms with E-state index >= 15 is 0 Å². The molecule has 3 nitrogen and oxygen atoms in total. The number of hydrogen-bond donors (Lipinski definition) is 1. The quantitative estimate of drug-likeness (QED) is 0.894. The number of ether oxygens (including phenoxy) is 1. The van der Waals surface area contributed by atoms with E-state index in [1.165, 1.54) is 17.3 Å². The molecule has 0 bridgehead atoms. The Labute approximate surface area is 105 Å². The number of nitrogens with zero attached hydrogens (tertiary/aromatic N) is 1. The van der Waals surface area contributed by atoms with E-state index < -0.39 is 0 Å². The Hall–Kier alpha value is -0.550. The number of hydrogen-bond acceptors (Lipinski definition) is 5. The zero-order valence-corrected chi connectivity index (χ0v) is 10.9. The molecule has 0 spiro atoms. The van der Waals surface area contributed by atoms with Gasteiger partial charge < -0.3 is 10.1 Å². The number of thioether (sulfide) groups is 2. The van der Waals surface area contributed by atoms with Gasteiger partial charge in [-0.3, -0.25) is 0 Å². The van der Waals surface area contributed by atoms with Crippen molar-refractivity contribution in [3.05, 3.63) is 18.3 Å². The number of aromatic nitrogens is 1. The molecule has 1 aromatic rings. The minimum absolute atomic E-state index is 0.663. The Balaban J connectivity index is 1.83. The lowest BCUT2D eigenvalue weighted by molar-refractivity contribution is 0.398. The van der Waals surface area contributed by atoms with Gasteiger partial charge in [-0.15, -0.1) is 0 Å². The Kier molecular flexibility index (Phi) is 4.66. The summed E-state index contributed by atoms with van der Waals surface area (Å²) in [4.78, 5) is 4.08. The summed E-state index contributed by atoms with van der Waals surface area (Å²) in [5, 5.41) is 4.16. The molecule has 1 saturated heterocycles. The van der Waals surface area contributed by atoms with E-state index in [9.17, 15) is 0 Å². The molecule has 1 aliphatic heterocycles. The number of pyridine rings is 1. The van der Waals surface area contributed by atoms with Crippen molar-refractivity contribution in [2.45, 2.75) is 5.25 Å². The van der Waals surface area contributed by atoms with E-state index in [1.54, 1.807) is 13.3 Å². The maximum absolute atomic E-state index is 5.09. The summed E-state index contributed by atoms with van der Waals surface area (Å²) in [6.07, 6.45) is 1.77. The Morgan fingerprint density at radius 2 is 2.50 bits per heavy atom. The van der Waals surface area contributed by atoms with Crippen LogP contribution in [0.4, 0.5) is 5.69 Å². The predicted molar refractivity (Wildman–Crippen MR) is 72.8 cm³/mol. The van der Waals surface area contributed by atoms with Crippen molar-refractivity contribution in [1.29, 1.82) is 0 Å². The molecule has 2 heterocycles. The molecular weight excluding hydrogens is 240 g/mol. The first-order chi connectivity index (χ1) is 7.88. The van der Waals surface area contributed by atoms with Crippen LogP contribution in [0.15, 0.2) is 18.3 Å². The van der Waals surface area contributed by atoms with Gasteiger partial charge in [-0.05, 0) is 6.07 Å². The summed E-state index contributed by atoms with van der Waals surface area (Å²) in [5.41, 5.74) is 1.09. The molecule has 1 fully saturated rings. The first-order valence-corrected chi connectivity index (χ1v) is 7.52. The molecule has 1 atom stereocenters. The fourth-order valence-corrected chi connectivity index (χ4v) is 4.13. The fraction of sp³-hybridized carbons (Fsp3) is 0.545. The van der Waals surface area contributed by atoms with Gasteiger partial charge in [-0.2, -0.15) is 23.5 Å². The summed E-state index contributed by atoms with van der Waals surface area (Å²) in [5.74, 6) is 4.48. The first kappa shape index (κ1) is 11.9. The maximum Gasteiger partial charge on any atom is 0.214 e. The van der Waals surface area contributed by atoms with Crippen molar-refractivity contribution >= 4 is 29.2 Å². The van der Waals surface area contributed by atoms with Gasteiger partial charge in [0, 0.05) is 47.0 Å². The van der Waals surface area contributed by atoms with Gasteiger partial charge in [0.05, 0.1) is 7.11 Å². The van der Waals surface area contributed by atoms with Gasteiger partial charge in [0.15, 0.2) is 0 Å². The summed E-state index contributed by atoms with van der Waals surface area (Å²) in [7, 11) is 1.64. The van der Waals surface area contributed by atoms with Gasteiger partial charge in [-0.25, -0.2) is 4.98 Å². The van der Waals surface area contributed by atoms with Gasteiger partial charge in [0.25, 0.3) is 0 Å². The van der Waals surface area contributed by atoms with Crippen LogP contribution in [0.2, 0.25) is 0 Å². The molecule has 1 aliphatic rings. The second-order valence-electron chi connectivity index (χ2n) is 3.54. The molecular formula is C11H16N2OS2. The van der Waals surface area contributed by atoms with Crippen LogP contribution in [-0.2, 0) is 0 Å². The lowest BCUT2D eigenvalue weighted by Gasteiger charge is -2.21. The minimum atomic E-state index is 0.663. The summed E-state index contributed by atoms with van der Waals surface area (Å²) < 4.78 is 5.09. The molecule has 0 saturated carbocycles. The molecule has 0 aliphatic carbocycles. The van der Waals surface area contributed by atoms with Gasteiger partial charge >= 0.3 is 0 Å². The highest BCUT2D eigenvalue weighted by Gasteiger charge is 2.13. The molecule has 5 heteroatoms. The van der Waals surface area contributed by atoms with Crippen molar-refractivity contribution in [3.8, 4) is 5.88 Å². The molecule has 2 rings (SSSR count). The van der Waals surface area contributed by atoms with Gasteiger partial charge in [-0.1, -0.05) is 0 Å². The third-order valence-electron chi connectivity index (χ3n) is 2.36. The second kappa shape index (κ2) is 6.25. The SMILES string of the molecule is COc1cc(NCC2CSCCS2)ccn1. The number of anilines is 1. The normalized spacial score (nSPS) is 20.4. The van der Waals surface area contributed by atoms with Crippen molar-refractivity contribution < 1.29 is 4.74 Å². The lowest BCUT2D eigenvalue weighted by atomic mass is 10.3. The molecule has 0 aromatic carbocycles. The van der Waals surface area contributed by atoms with E-state index in [-0.39, 0.29) is 0 Å². The summed E-state index contributed by atoms with van der Waals surface area (Å²) in [6.45, 7) is 1.02. The molecule has 1 unspecified atom stereocenters.